The molecular formula is C30H29F8NO6S. The van der Waals surface area contributed by atoms with Crippen LogP contribution in [-0.2, 0) is 36.3 Å². The van der Waals surface area contributed by atoms with Crippen LogP contribution in [-0.4, -0.2) is 65.9 Å². The molecule has 2 aromatic carbocycles. The highest BCUT2D eigenvalue weighted by Gasteiger charge is 2.74. The van der Waals surface area contributed by atoms with E-state index in [9.17, 15) is 59.0 Å². The zero-order valence-corrected chi connectivity index (χ0v) is 25.0. The standard InChI is InChI=1S/C30H29F8NO6S/c1-16-14-20(4-6-22(16)31)46(44,45)27-12-13-39(25(42)26(43)10-8-17(9-11-26)24(40)41)23(27)7-2-18-15-19(3-5-21(18)27)28(32,29(33,34)35)30(36,37)38/h3-6,14-15,17,23,43H,2,7-13H2,1H3,(H,40,41). The second-order valence-corrected chi connectivity index (χ2v) is 14.5. The number of nitrogens with zero attached hydrogens (tertiary/aromatic N) is 1. The topological polar surface area (TPSA) is 112 Å². The Balaban J connectivity index is 1.66. The van der Waals surface area contributed by atoms with Crippen molar-refractivity contribution in [3.63, 3.8) is 0 Å². The SMILES string of the molecule is Cc1cc(S(=O)(=O)C23CCN(C(=O)C4(O)CCC(C(=O)O)CC4)C2CCc2cc(C(F)(C(F)(F)F)C(F)(F)F)ccc23)ccc1F. The summed E-state index contributed by atoms with van der Waals surface area (Å²) in [7, 11) is -4.71. The summed E-state index contributed by atoms with van der Waals surface area (Å²) in [6, 6.07) is 2.87. The quantitative estimate of drug-likeness (QED) is 0.312. The number of hydrogen-bond acceptors (Lipinski definition) is 5. The second kappa shape index (κ2) is 10.9. The number of carbonyl (C=O) groups is 2. The van der Waals surface area contributed by atoms with Crippen molar-refractivity contribution in [1.82, 2.24) is 4.90 Å². The number of benzene rings is 2. The molecule has 1 saturated carbocycles. The van der Waals surface area contributed by atoms with Crippen molar-refractivity contribution in [2.75, 3.05) is 6.54 Å². The van der Waals surface area contributed by atoms with Gasteiger partial charge in [-0.05, 0) is 86.8 Å². The number of amides is 1. The monoisotopic (exact) mass is 683 g/mol. The largest absolute Gasteiger partial charge is 0.481 e. The van der Waals surface area contributed by atoms with Gasteiger partial charge >= 0.3 is 24.0 Å². The van der Waals surface area contributed by atoms with Crippen LogP contribution >= 0.6 is 0 Å². The minimum absolute atomic E-state index is 0.0383. The highest BCUT2D eigenvalue weighted by Crippen LogP contribution is 2.57. The van der Waals surface area contributed by atoms with E-state index < -0.39 is 84.7 Å². The van der Waals surface area contributed by atoms with Crippen LogP contribution in [0.15, 0.2) is 41.3 Å². The summed E-state index contributed by atoms with van der Waals surface area (Å²) in [6.07, 6.45) is -14.4. The third-order valence-corrected chi connectivity index (χ3v) is 12.3. The summed E-state index contributed by atoms with van der Waals surface area (Å²) in [5.74, 6) is -3.54. The van der Waals surface area contributed by atoms with Gasteiger partial charge in [-0.25, -0.2) is 17.2 Å². The van der Waals surface area contributed by atoms with Crippen LogP contribution in [0.4, 0.5) is 35.1 Å². The molecule has 3 aliphatic rings. The van der Waals surface area contributed by atoms with E-state index in [4.69, 9.17) is 0 Å². The second-order valence-electron chi connectivity index (χ2n) is 12.3. The molecule has 1 saturated heterocycles. The number of fused-ring (bicyclic) bond motifs is 3. The molecule has 252 valence electrons. The number of alkyl halides is 7. The molecule has 2 aliphatic carbocycles. The molecule has 16 heteroatoms. The Hall–Kier alpha value is -3.27. The van der Waals surface area contributed by atoms with Gasteiger partial charge in [-0.3, -0.25) is 9.59 Å². The summed E-state index contributed by atoms with van der Waals surface area (Å²) < 4.78 is 138. The molecule has 2 fully saturated rings. The smallest absolute Gasteiger partial charge is 0.435 e. The average Bonchev–Trinajstić information content (AvgIpc) is 3.38. The fraction of sp³-hybridized carbons (Fsp3) is 0.533. The number of carboxylic acids is 1. The molecule has 2 aromatic rings. The molecule has 7 nitrogen and oxygen atoms in total. The number of aliphatic hydroxyl groups is 1. The van der Waals surface area contributed by atoms with E-state index >= 15 is 4.39 Å². The highest BCUT2D eigenvalue weighted by atomic mass is 32.2. The molecule has 0 radical (unpaired) electrons. The van der Waals surface area contributed by atoms with Gasteiger partial charge in [0.2, 0.25) is 0 Å². The molecule has 1 amide bonds. The number of halogens is 8. The van der Waals surface area contributed by atoms with Gasteiger partial charge in [-0.1, -0.05) is 18.2 Å². The van der Waals surface area contributed by atoms with Gasteiger partial charge in [-0.2, -0.15) is 26.3 Å². The first kappa shape index (κ1) is 34.1. The van der Waals surface area contributed by atoms with Crippen molar-refractivity contribution in [3.8, 4) is 0 Å². The number of carboxylic acid groups (broad SMARTS) is 1. The van der Waals surface area contributed by atoms with E-state index in [-0.39, 0.29) is 67.8 Å². The fourth-order valence-electron chi connectivity index (χ4n) is 7.29. The van der Waals surface area contributed by atoms with Gasteiger partial charge in [0.1, 0.15) is 16.2 Å². The lowest BCUT2D eigenvalue weighted by molar-refractivity contribution is -0.348. The number of carbonyl (C=O) groups excluding carboxylic acids is 1. The van der Waals surface area contributed by atoms with Crippen molar-refractivity contribution in [2.45, 2.75) is 91.2 Å². The predicted molar refractivity (Wildman–Crippen MR) is 144 cm³/mol. The Labute approximate surface area is 258 Å². The molecule has 0 spiro atoms. The molecule has 2 N–H and O–H groups in total. The molecule has 2 atom stereocenters. The molecule has 1 aliphatic heterocycles. The Bertz CT molecular complexity index is 1670. The first-order chi connectivity index (χ1) is 21.1. The third kappa shape index (κ3) is 4.88. The average molecular weight is 684 g/mol. The molecule has 5 rings (SSSR count). The lowest BCUT2D eigenvalue weighted by Gasteiger charge is -2.45. The number of aliphatic carboxylic acids is 1. The highest BCUT2D eigenvalue weighted by molar-refractivity contribution is 7.92. The van der Waals surface area contributed by atoms with Crippen molar-refractivity contribution in [2.24, 2.45) is 5.92 Å². The van der Waals surface area contributed by atoms with E-state index in [0.29, 0.717) is 12.1 Å². The van der Waals surface area contributed by atoms with Crippen molar-refractivity contribution >= 4 is 21.7 Å². The molecule has 1 heterocycles. The van der Waals surface area contributed by atoms with Crippen LogP contribution in [0.2, 0.25) is 0 Å². The maximum atomic E-state index is 15.0. The number of likely N-dealkylation sites (tertiary alicyclic amines) is 1. The molecule has 46 heavy (non-hydrogen) atoms. The van der Waals surface area contributed by atoms with Crippen molar-refractivity contribution in [1.29, 1.82) is 0 Å². The molecular weight excluding hydrogens is 654 g/mol. The minimum Gasteiger partial charge on any atom is -0.481 e. The van der Waals surface area contributed by atoms with Crippen LogP contribution in [0.1, 0.15) is 60.8 Å². The van der Waals surface area contributed by atoms with E-state index in [1.807, 2.05) is 0 Å². The summed E-state index contributed by atoms with van der Waals surface area (Å²) in [6.45, 7) is 0.986. The van der Waals surface area contributed by atoms with Gasteiger partial charge in [0.05, 0.1) is 16.9 Å². The first-order valence-corrected chi connectivity index (χ1v) is 15.8. The molecule has 0 aromatic heterocycles. The normalized spacial score (nSPS) is 27.2. The third-order valence-electron chi connectivity index (χ3n) is 9.81. The summed E-state index contributed by atoms with van der Waals surface area (Å²) in [5.41, 5.74) is -10.2. The predicted octanol–water partition coefficient (Wildman–Crippen LogP) is 5.65. The van der Waals surface area contributed by atoms with Crippen LogP contribution in [0.5, 0.6) is 0 Å². The summed E-state index contributed by atoms with van der Waals surface area (Å²) >= 11 is 0. The summed E-state index contributed by atoms with van der Waals surface area (Å²) in [4.78, 5) is 26.0. The van der Waals surface area contributed by atoms with Gasteiger partial charge in [-0.15, -0.1) is 0 Å². The number of aryl methyl sites for hydroxylation is 2. The maximum Gasteiger partial charge on any atom is 0.435 e. The van der Waals surface area contributed by atoms with E-state index in [0.717, 1.165) is 23.1 Å². The Kier molecular flexibility index (Phi) is 8.07. The van der Waals surface area contributed by atoms with Gasteiger partial charge in [0, 0.05) is 12.1 Å². The first-order valence-electron chi connectivity index (χ1n) is 14.3. The van der Waals surface area contributed by atoms with Gasteiger partial charge < -0.3 is 15.1 Å². The maximum absolute atomic E-state index is 15.0. The lowest BCUT2D eigenvalue weighted by Crippen LogP contribution is -2.57. The summed E-state index contributed by atoms with van der Waals surface area (Å²) in [5, 5.41) is 20.6. The lowest BCUT2D eigenvalue weighted by atomic mass is 9.75. The van der Waals surface area contributed by atoms with Crippen molar-refractivity contribution in [3.05, 3.63) is 64.5 Å². The van der Waals surface area contributed by atoms with Gasteiger partial charge in [0.15, 0.2) is 9.84 Å². The van der Waals surface area contributed by atoms with Crippen LogP contribution in [0, 0.1) is 18.7 Å². The van der Waals surface area contributed by atoms with Crippen LogP contribution < -0.4 is 0 Å². The number of sulfone groups is 1. The van der Waals surface area contributed by atoms with E-state index in [1.54, 1.807) is 0 Å². The fourth-order valence-corrected chi connectivity index (χ4v) is 9.74. The van der Waals surface area contributed by atoms with Crippen LogP contribution in [0.3, 0.4) is 0 Å². The van der Waals surface area contributed by atoms with Gasteiger partial charge in [0.25, 0.3) is 5.91 Å². The van der Waals surface area contributed by atoms with E-state index in [2.05, 4.69) is 0 Å². The minimum atomic E-state index is -6.41. The molecule has 2 unspecified atom stereocenters. The molecule has 0 bridgehead atoms. The Morgan fingerprint density at radius 2 is 1.52 bits per heavy atom. The number of hydrogen-bond donors (Lipinski definition) is 2. The van der Waals surface area contributed by atoms with Crippen molar-refractivity contribution < 1.29 is 63.3 Å². The Morgan fingerprint density at radius 3 is 2.07 bits per heavy atom. The zero-order chi connectivity index (χ0) is 34.3. The zero-order valence-electron chi connectivity index (χ0n) is 24.2. The van der Waals surface area contributed by atoms with E-state index in [1.165, 1.54) is 6.92 Å². The number of rotatable bonds is 5. The Morgan fingerprint density at radius 1 is 0.913 bits per heavy atom. The van der Waals surface area contributed by atoms with Crippen LogP contribution in [0.25, 0.3) is 0 Å².